The van der Waals surface area contributed by atoms with Crippen LogP contribution >= 0.6 is 0 Å². The fraction of sp³-hybridized carbons (Fsp3) is 0.308. The summed E-state index contributed by atoms with van der Waals surface area (Å²) in [6.07, 6.45) is 1.96. The van der Waals surface area contributed by atoms with Gasteiger partial charge in [-0.3, -0.25) is 10.1 Å². The standard InChI is InChI=1S/C13H16N4O2/c1-3-11(10-6-4-9(2)5-7-10)16-13(14)12(8-15-16)17(18)19/h4-8,11H,3,14H2,1-2H3. The lowest BCUT2D eigenvalue weighted by atomic mass is 10.0. The zero-order chi connectivity index (χ0) is 14.0. The quantitative estimate of drug-likeness (QED) is 0.676. The number of benzene rings is 1. The molecule has 0 bridgehead atoms. The van der Waals surface area contributed by atoms with Gasteiger partial charge < -0.3 is 5.73 Å². The van der Waals surface area contributed by atoms with Crippen molar-refractivity contribution in [3.8, 4) is 0 Å². The highest BCUT2D eigenvalue weighted by molar-refractivity contribution is 5.52. The predicted octanol–water partition coefficient (Wildman–Crippen LogP) is 2.68. The molecule has 19 heavy (non-hydrogen) atoms. The Kier molecular flexibility index (Phi) is 3.50. The molecule has 0 aliphatic rings. The van der Waals surface area contributed by atoms with Crippen molar-refractivity contribution in [2.75, 3.05) is 5.73 Å². The average molecular weight is 260 g/mol. The molecule has 6 heteroatoms. The minimum Gasteiger partial charge on any atom is -0.378 e. The van der Waals surface area contributed by atoms with E-state index in [1.807, 2.05) is 38.1 Å². The molecule has 6 nitrogen and oxygen atoms in total. The Balaban J connectivity index is 2.42. The molecular formula is C13H16N4O2. The fourth-order valence-corrected chi connectivity index (χ4v) is 2.09. The molecule has 1 unspecified atom stereocenters. The van der Waals surface area contributed by atoms with Crippen LogP contribution in [0.5, 0.6) is 0 Å². The second-order valence-electron chi connectivity index (χ2n) is 4.45. The summed E-state index contributed by atoms with van der Waals surface area (Å²) in [5.41, 5.74) is 7.86. The van der Waals surface area contributed by atoms with Crippen LogP contribution in [0.2, 0.25) is 0 Å². The van der Waals surface area contributed by atoms with E-state index in [0.29, 0.717) is 0 Å². The smallest absolute Gasteiger partial charge is 0.330 e. The predicted molar refractivity (Wildman–Crippen MR) is 72.9 cm³/mol. The van der Waals surface area contributed by atoms with Crippen molar-refractivity contribution in [2.24, 2.45) is 0 Å². The van der Waals surface area contributed by atoms with Gasteiger partial charge in [0.25, 0.3) is 0 Å². The molecule has 0 radical (unpaired) electrons. The van der Waals surface area contributed by atoms with Crippen molar-refractivity contribution in [1.29, 1.82) is 0 Å². The van der Waals surface area contributed by atoms with Crippen LogP contribution in [0.15, 0.2) is 30.5 Å². The molecule has 2 N–H and O–H groups in total. The topological polar surface area (TPSA) is 87.0 Å². The van der Waals surface area contributed by atoms with Gasteiger partial charge in [0.15, 0.2) is 0 Å². The Hall–Kier alpha value is -2.37. The molecule has 0 aliphatic heterocycles. The highest BCUT2D eigenvalue weighted by atomic mass is 16.6. The first kappa shape index (κ1) is 13.1. The number of aryl methyl sites for hydroxylation is 1. The molecule has 2 rings (SSSR count). The lowest BCUT2D eigenvalue weighted by Crippen LogP contribution is -2.14. The van der Waals surface area contributed by atoms with Crippen LogP contribution in [0.3, 0.4) is 0 Å². The third-order valence-electron chi connectivity index (χ3n) is 3.15. The number of nitrogens with two attached hydrogens (primary N) is 1. The lowest BCUT2D eigenvalue weighted by molar-refractivity contribution is -0.384. The second kappa shape index (κ2) is 5.09. The Bertz CT molecular complexity index is 589. The summed E-state index contributed by atoms with van der Waals surface area (Å²) in [5.74, 6) is 0.0948. The summed E-state index contributed by atoms with van der Waals surface area (Å²) >= 11 is 0. The summed E-state index contributed by atoms with van der Waals surface area (Å²) in [7, 11) is 0. The van der Waals surface area contributed by atoms with E-state index in [-0.39, 0.29) is 17.5 Å². The fourth-order valence-electron chi connectivity index (χ4n) is 2.09. The van der Waals surface area contributed by atoms with Gasteiger partial charge >= 0.3 is 5.69 Å². The van der Waals surface area contributed by atoms with Crippen molar-refractivity contribution in [2.45, 2.75) is 26.3 Å². The zero-order valence-electron chi connectivity index (χ0n) is 10.9. The van der Waals surface area contributed by atoms with E-state index in [2.05, 4.69) is 5.10 Å². The van der Waals surface area contributed by atoms with Gasteiger partial charge in [-0.05, 0) is 18.9 Å². The molecule has 100 valence electrons. The van der Waals surface area contributed by atoms with Crippen LogP contribution in [-0.4, -0.2) is 14.7 Å². The molecule has 0 aliphatic carbocycles. The van der Waals surface area contributed by atoms with Crippen LogP contribution in [0.1, 0.15) is 30.5 Å². The number of anilines is 1. The highest BCUT2D eigenvalue weighted by Gasteiger charge is 2.22. The van der Waals surface area contributed by atoms with Crippen molar-refractivity contribution in [3.63, 3.8) is 0 Å². The third-order valence-corrected chi connectivity index (χ3v) is 3.15. The van der Waals surface area contributed by atoms with E-state index in [9.17, 15) is 10.1 Å². The molecule has 1 atom stereocenters. The maximum atomic E-state index is 10.8. The van der Waals surface area contributed by atoms with E-state index in [1.54, 1.807) is 0 Å². The van der Waals surface area contributed by atoms with Crippen LogP contribution in [0.25, 0.3) is 0 Å². The summed E-state index contributed by atoms with van der Waals surface area (Å²) in [6, 6.07) is 7.92. The minimum absolute atomic E-state index is 0.0886. The summed E-state index contributed by atoms with van der Waals surface area (Å²) in [5, 5.41) is 14.9. The maximum Gasteiger partial charge on any atom is 0.330 e. The Labute approximate surface area is 111 Å². The zero-order valence-corrected chi connectivity index (χ0v) is 10.9. The summed E-state index contributed by atoms with van der Waals surface area (Å²) < 4.78 is 1.52. The number of aromatic nitrogens is 2. The molecule has 0 fully saturated rings. The monoisotopic (exact) mass is 260 g/mol. The number of hydrogen-bond acceptors (Lipinski definition) is 4. The largest absolute Gasteiger partial charge is 0.378 e. The maximum absolute atomic E-state index is 10.8. The van der Waals surface area contributed by atoms with Gasteiger partial charge in [-0.25, -0.2) is 4.68 Å². The number of nitro groups is 1. The minimum atomic E-state index is -0.513. The SMILES string of the molecule is CCC(c1ccc(C)cc1)n1ncc([N+](=O)[O-])c1N. The Morgan fingerprint density at radius 1 is 1.42 bits per heavy atom. The first-order valence-electron chi connectivity index (χ1n) is 6.08. The Morgan fingerprint density at radius 2 is 2.05 bits per heavy atom. The third kappa shape index (κ3) is 2.42. The van der Waals surface area contributed by atoms with E-state index in [0.717, 1.165) is 17.5 Å². The summed E-state index contributed by atoms with van der Waals surface area (Å²) in [4.78, 5) is 10.3. The lowest BCUT2D eigenvalue weighted by Gasteiger charge is -2.17. The normalized spacial score (nSPS) is 12.3. The Morgan fingerprint density at radius 3 is 2.53 bits per heavy atom. The van der Waals surface area contributed by atoms with Gasteiger partial charge in [-0.1, -0.05) is 36.8 Å². The molecule has 0 amide bonds. The molecule has 1 heterocycles. The van der Waals surface area contributed by atoms with Crippen molar-refractivity contribution in [3.05, 3.63) is 51.7 Å². The van der Waals surface area contributed by atoms with Gasteiger partial charge in [0.2, 0.25) is 5.82 Å². The summed E-state index contributed by atoms with van der Waals surface area (Å²) in [6.45, 7) is 4.01. The van der Waals surface area contributed by atoms with Gasteiger partial charge in [0, 0.05) is 0 Å². The van der Waals surface area contributed by atoms with Crippen LogP contribution in [-0.2, 0) is 0 Å². The number of nitrogens with zero attached hydrogens (tertiary/aromatic N) is 3. The van der Waals surface area contributed by atoms with E-state index < -0.39 is 4.92 Å². The highest BCUT2D eigenvalue weighted by Crippen LogP contribution is 2.29. The molecule has 0 saturated carbocycles. The van der Waals surface area contributed by atoms with Crippen LogP contribution in [0.4, 0.5) is 11.5 Å². The number of rotatable bonds is 4. The second-order valence-corrected chi connectivity index (χ2v) is 4.45. The van der Waals surface area contributed by atoms with Crippen molar-refractivity contribution in [1.82, 2.24) is 9.78 Å². The van der Waals surface area contributed by atoms with Gasteiger partial charge in [0.05, 0.1) is 11.0 Å². The van der Waals surface area contributed by atoms with Gasteiger partial charge in [-0.2, -0.15) is 5.10 Å². The van der Waals surface area contributed by atoms with Crippen LogP contribution in [0, 0.1) is 17.0 Å². The molecular weight excluding hydrogens is 244 g/mol. The van der Waals surface area contributed by atoms with Crippen molar-refractivity contribution >= 4 is 11.5 Å². The van der Waals surface area contributed by atoms with E-state index in [1.165, 1.54) is 10.9 Å². The van der Waals surface area contributed by atoms with Crippen molar-refractivity contribution < 1.29 is 4.92 Å². The molecule has 2 aromatic rings. The number of hydrogen-bond donors (Lipinski definition) is 1. The first-order valence-corrected chi connectivity index (χ1v) is 6.08. The van der Waals surface area contributed by atoms with E-state index in [4.69, 9.17) is 5.73 Å². The van der Waals surface area contributed by atoms with Gasteiger partial charge in [-0.15, -0.1) is 0 Å². The molecule has 0 saturated heterocycles. The average Bonchev–Trinajstić information content (AvgIpc) is 2.75. The van der Waals surface area contributed by atoms with E-state index >= 15 is 0 Å². The number of nitrogen functional groups attached to an aromatic ring is 1. The first-order chi connectivity index (χ1) is 9.04. The molecule has 1 aromatic heterocycles. The molecule has 1 aromatic carbocycles. The molecule has 0 spiro atoms. The van der Waals surface area contributed by atoms with Crippen LogP contribution < -0.4 is 5.73 Å². The van der Waals surface area contributed by atoms with Gasteiger partial charge in [0.1, 0.15) is 6.20 Å².